The molecule has 6 nitrogen and oxygen atoms in total. The molecule has 1 aromatic rings. The quantitative estimate of drug-likeness (QED) is 0.655. The molecule has 0 aliphatic heterocycles. The average Bonchev–Trinajstić information content (AvgIpc) is 2.61. The van der Waals surface area contributed by atoms with Crippen molar-refractivity contribution in [1.82, 2.24) is 4.72 Å². The maximum absolute atomic E-state index is 12.2. The van der Waals surface area contributed by atoms with Crippen LogP contribution in [0, 0.1) is 13.8 Å². The van der Waals surface area contributed by atoms with Crippen molar-refractivity contribution in [2.75, 3.05) is 13.7 Å². The number of esters is 1. The lowest BCUT2D eigenvalue weighted by Crippen LogP contribution is -2.27. The molecule has 19 heavy (non-hydrogen) atoms. The third-order valence-corrected chi connectivity index (χ3v) is 3.98. The maximum atomic E-state index is 12.2. The van der Waals surface area contributed by atoms with Crippen molar-refractivity contribution in [3.8, 4) is 0 Å². The number of methoxy groups -OCH3 is 1. The van der Waals surface area contributed by atoms with Crippen LogP contribution in [0.5, 0.6) is 0 Å². The molecule has 1 aromatic heterocycles. The summed E-state index contributed by atoms with van der Waals surface area (Å²) in [5.41, 5.74) is 0.579. The maximum Gasteiger partial charge on any atom is 0.342 e. The first-order chi connectivity index (χ1) is 8.70. The highest BCUT2D eigenvalue weighted by atomic mass is 32.2. The third-order valence-electron chi connectivity index (χ3n) is 2.43. The highest BCUT2D eigenvalue weighted by Crippen LogP contribution is 2.27. The summed E-state index contributed by atoms with van der Waals surface area (Å²) in [5, 5.41) is 0. The minimum absolute atomic E-state index is 0.0748. The van der Waals surface area contributed by atoms with E-state index in [-0.39, 0.29) is 28.5 Å². The van der Waals surface area contributed by atoms with E-state index in [2.05, 4.69) is 16.0 Å². The molecular formula is C12H17NO5S. The van der Waals surface area contributed by atoms with Crippen molar-refractivity contribution in [1.29, 1.82) is 0 Å². The highest BCUT2D eigenvalue weighted by molar-refractivity contribution is 7.89. The molecule has 0 spiro atoms. The van der Waals surface area contributed by atoms with Gasteiger partial charge in [0.25, 0.3) is 0 Å². The third kappa shape index (κ3) is 3.24. The molecule has 0 bridgehead atoms. The summed E-state index contributed by atoms with van der Waals surface area (Å²) in [6, 6.07) is 0. The molecule has 0 aromatic carbocycles. The summed E-state index contributed by atoms with van der Waals surface area (Å²) in [5.74, 6) is -0.391. The van der Waals surface area contributed by atoms with Gasteiger partial charge in [0.2, 0.25) is 10.0 Å². The number of nitrogens with one attached hydrogen (secondary N) is 1. The van der Waals surface area contributed by atoms with Crippen molar-refractivity contribution in [2.45, 2.75) is 25.7 Å². The molecule has 0 saturated heterocycles. The molecule has 1 rings (SSSR count). The molecule has 1 heterocycles. The zero-order valence-electron chi connectivity index (χ0n) is 11.4. The van der Waals surface area contributed by atoms with E-state index in [4.69, 9.17) is 4.42 Å². The number of ether oxygens (including phenoxy) is 1. The minimum atomic E-state index is -3.86. The van der Waals surface area contributed by atoms with E-state index in [9.17, 15) is 13.2 Å². The lowest BCUT2D eigenvalue weighted by molar-refractivity contribution is 0.0595. The van der Waals surface area contributed by atoms with Crippen molar-refractivity contribution < 1.29 is 22.4 Å². The second kappa shape index (κ2) is 5.58. The molecular weight excluding hydrogens is 270 g/mol. The predicted octanol–water partition coefficient (Wildman–Crippen LogP) is 1.54. The van der Waals surface area contributed by atoms with E-state index in [1.807, 2.05) is 0 Å². The van der Waals surface area contributed by atoms with Crippen LogP contribution in [0.15, 0.2) is 21.5 Å². The Balaban J connectivity index is 3.33. The fourth-order valence-corrected chi connectivity index (χ4v) is 3.11. The first-order valence-electron chi connectivity index (χ1n) is 5.53. The number of sulfonamides is 1. The SMILES string of the molecule is C=C(C)CNS(=O)(=O)c1c(C)oc(C)c1C(=O)OC. The summed E-state index contributed by atoms with van der Waals surface area (Å²) < 4.78 is 36.5. The molecule has 0 amide bonds. The van der Waals surface area contributed by atoms with E-state index in [0.717, 1.165) is 0 Å². The van der Waals surface area contributed by atoms with Gasteiger partial charge in [-0.3, -0.25) is 0 Å². The van der Waals surface area contributed by atoms with Crippen LogP contribution in [0.25, 0.3) is 0 Å². The van der Waals surface area contributed by atoms with Crippen LogP contribution in [-0.4, -0.2) is 28.0 Å². The topological polar surface area (TPSA) is 85.6 Å². The number of carbonyl (C=O) groups is 1. The van der Waals surface area contributed by atoms with Gasteiger partial charge in [0.05, 0.1) is 7.11 Å². The van der Waals surface area contributed by atoms with Gasteiger partial charge in [-0.25, -0.2) is 17.9 Å². The average molecular weight is 287 g/mol. The van der Waals surface area contributed by atoms with Gasteiger partial charge in [-0.05, 0) is 20.8 Å². The highest BCUT2D eigenvalue weighted by Gasteiger charge is 2.31. The van der Waals surface area contributed by atoms with Crippen molar-refractivity contribution in [3.63, 3.8) is 0 Å². The van der Waals surface area contributed by atoms with Crippen molar-refractivity contribution in [3.05, 3.63) is 29.2 Å². The molecule has 0 aliphatic carbocycles. The van der Waals surface area contributed by atoms with Crippen LogP contribution in [-0.2, 0) is 14.8 Å². The van der Waals surface area contributed by atoms with Crippen LogP contribution in [0.3, 0.4) is 0 Å². The molecule has 0 fully saturated rings. The van der Waals surface area contributed by atoms with E-state index in [0.29, 0.717) is 5.57 Å². The summed E-state index contributed by atoms with van der Waals surface area (Å²) in [4.78, 5) is 11.5. The Morgan fingerprint density at radius 2 is 1.95 bits per heavy atom. The lowest BCUT2D eigenvalue weighted by Gasteiger charge is -2.07. The van der Waals surface area contributed by atoms with Crippen LogP contribution < -0.4 is 4.72 Å². The molecule has 0 unspecified atom stereocenters. The number of furan rings is 1. The van der Waals surface area contributed by atoms with E-state index >= 15 is 0 Å². The molecule has 1 N–H and O–H groups in total. The smallest absolute Gasteiger partial charge is 0.342 e. The fraction of sp³-hybridized carbons (Fsp3) is 0.417. The van der Waals surface area contributed by atoms with Gasteiger partial charge in [-0.15, -0.1) is 0 Å². The standard InChI is InChI=1S/C12H17NO5S/c1-7(2)6-13-19(15,16)11-9(4)18-8(3)10(11)12(14)17-5/h13H,1,6H2,2-5H3. The predicted molar refractivity (Wildman–Crippen MR) is 69.5 cm³/mol. The van der Waals surface area contributed by atoms with Crippen LogP contribution in [0.2, 0.25) is 0 Å². The van der Waals surface area contributed by atoms with Gasteiger partial charge >= 0.3 is 5.97 Å². The largest absolute Gasteiger partial charge is 0.465 e. The Labute approximate surface area is 112 Å². The van der Waals surface area contributed by atoms with Crippen LogP contribution in [0.1, 0.15) is 28.8 Å². The molecule has 106 valence electrons. The number of rotatable bonds is 5. The number of carbonyl (C=O) groups excluding carboxylic acids is 1. The summed E-state index contributed by atoms with van der Waals surface area (Å²) in [6.45, 7) is 8.38. The van der Waals surface area contributed by atoms with Gasteiger partial charge in [0.15, 0.2) is 0 Å². The molecule has 0 aliphatic rings. The Kier molecular flexibility index (Phi) is 4.54. The summed E-state index contributed by atoms with van der Waals surface area (Å²) in [6.07, 6.45) is 0. The number of hydrogen-bond acceptors (Lipinski definition) is 5. The van der Waals surface area contributed by atoms with Crippen LogP contribution in [0.4, 0.5) is 0 Å². The molecule has 0 saturated carbocycles. The first kappa shape index (κ1) is 15.5. The second-order valence-electron chi connectivity index (χ2n) is 4.19. The number of hydrogen-bond donors (Lipinski definition) is 1. The zero-order valence-corrected chi connectivity index (χ0v) is 12.2. The molecule has 0 atom stereocenters. The summed E-state index contributed by atoms with van der Waals surface area (Å²) in [7, 11) is -2.67. The van der Waals surface area contributed by atoms with Crippen molar-refractivity contribution in [2.24, 2.45) is 0 Å². The molecule has 7 heteroatoms. The van der Waals surface area contributed by atoms with Gasteiger partial charge < -0.3 is 9.15 Å². The van der Waals surface area contributed by atoms with Gasteiger partial charge in [0.1, 0.15) is 22.0 Å². The fourth-order valence-electron chi connectivity index (χ4n) is 1.62. The van der Waals surface area contributed by atoms with E-state index in [1.54, 1.807) is 6.92 Å². The first-order valence-corrected chi connectivity index (χ1v) is 7.01. The Hall–Kier alpha value is -1.60. The molecule has 0 radical (unpaired) electrons. The van der Waals surface area contributed by atoms with E-state index < -0.39 is 16.0 Å². The number of aryl methyl sites for hydroxylation is 2. The Bertz CT molecular complexity index is 612. The van der Waals surface area contributed by atoms with E-state index in [1.165, 1.54) is 21.0 Å². The second-order valence-corrected chi connectivity index (χ2v) is 5.90. The Morgan fingerprint density at radius 3 is 2.42 bits per heavy atom. The zero-order chi connectivity index (χ0) is 14.8. The normalized spacial score (nSPS) is 11.4. The lowest BCUT2D eigenvalue weighted by atomic mass is 10.2. The van der Waals surface area contributed by atoms with Gasteiger partial charge in [0, 0.05) is 6.54 Å². The van der Waals surface area contributed by atoms with Crippen LogP contribution >= 0.6 is 0 Å². The van der Waals surface area contributed by atoms with Crippen molar-refractivity contribution >= 4 is 16.0 Å². The summed E-state index contributed by atoms with van der Waals surface area (Å²) >= 11 is 0. The van der Waals surface area contributed by atoms with Gasteiger partial charge in [-0.2, -0.15) is 0 Å². The monoisotopic (exact) mass is 287 g/mol. The minimum Gasteiger partial charge on any atom is -0.465 e. The van der Waals surface area contributed by atoms with Gasteiger partial charge in [-0.1, -0.05) is 12.2 Å². The Morgan fingerprint density at radius 1 is 1.37 bits per heavy atom.